The van der Waals surface area contributed by atoms with Crippen molar-refractivity contribution in [2.24, 2.45) is 0 Å². The van der Waals surface area contributed by atoms with Gasteiger partial charge < -0.3 is 5.11 Å². The highest BCUT2D eigenvalue weighted by Gasteiger charge is 2.39. The number of aromatic amines is 1. The Labute approximate surface area is 116 Å². The maximum atomic E-state index is 10.6. The largest absolute Gasteiger partial charge is 0.382 e. The lowest BCUT2D eigenvalue weighted by Gasteiger charge is -2.21. The van der Waals surface area contributed by atoms with Gasteiger partial charge in [0.05, 0.1) is 6.20 Å². The van der Waals surface area contributed by atoms with Gasteiger partial charge in [-0.3, -0.25) is 4.90 Å². The van der Waals surface area contributed by atoms with E-state index in [2.05, 4.69) is 20.3 Å². The molecule has 5 nitrogen and oxygen atoms in total. The molecule has 2 heterocycles. The zero-order valence-electron chi connectivity index (χ0n) is 10.4. The van der Waals surface area contributed by atoms with E-state index >= 15 is 0 Å². The van der Waals surface area contributed by atoms with Gasteiger partial charge in [-0.05, 0) is 24.1 Å². The summed E-state index contributed by atoms with van der Waals surface area (Å²) in [7, 11) is 0. The molecule has 1 saturated heterocycles. The summed E-state index contributed by atoms with van der Waals surface area (Å²) in [5.41, 5.74) is 0.865. The van der Waals surface area contributed by atoms with E-state index in [4.69, 9.17) is 11.6 Å². The maximum Gasteiger partial charge on any atom is 0.124 e. The molecule has 3 rings (SSSR count). The third-order valence-corrected chi connectivity index (χ3v) is 3.75. The van der Waals surface area contributed by atoms with Crippen molar-refractivity contribution < 1.29 is 5.11 Å². The molecule has 1 fully saturated rings. The summed E-state index contributed by atoms with van der Waals surface area (Å²) in [6, 6.07) is 7.80. The minimum absolute atomic E-state index is 0.562. The van der Waals surface area contributed by atoms with Crippen LogP contribution in [-0.2, 0) is 12.1 Å². The van der Waals surface area contributed by atoms with Gasteiger partial charge >= 0.3 is 0 Å². The molecule has 1 aliphatic heterocycles. The quantitative estimate of drug-likeness (QED) is 0.894. The molecular weight excluding hydrogens is 264 g/mol. The maximum absolute atomic E-state index is 10.6. The van der Waals surface area contributed by atoms with E-state index in [9.17, 15) is 5.11 Å². The molecular formula is C13H15ClN4O. The van der Waals surface area contributed by atoms with E-state index in [-0.39, 0.29) is 0 Å². The van der Waals surface area contributed by atoms with Gasteiger partial charge in [0.25, 0.3) is 0 Å². The highest BCUT2D eigenvalue weighted by Crippen LogP contribution is 2.31. The number of benzene rings is 1. The Kier molecular flexibility index (Phi) is 3.26. The van der Waals surface area contributed by atoms with Crippen LogP contribution in [0.4, 0.5) is 0 Å². The van der Waals surface area contributed by atoms with E-state index in [0.29, 0.717) is 18.7 Å². The van der Waals surface area contributed by atoms with Crippen molar-refractivity contribution in [3.8, 4) is 0 Å². The summed E-state index contributed by atoms with van der Waals surface area (Å²) in [5.74, 6) is 0. The van der Waals surface area contributed by atoms with Crippen LogP contribution in [-0.4, -0.2) is 38.5 Å². The predicted molar refractivity (Wildman–Crippen MR) is 71.6 cm³/mol. The molecule has 6 heteroatoms. The van der Waals surface area contributed by atoms with Crippen LogP contribution >= 0.6 is 11.6 Å². The van der Waals surface area contributed by atoms with Gasteiger partial charge in [0.15, 0.2) is 0 Å². The zero-order chi connectivity index (χ0) is 13.3. The smallest absolute Gasteiger partial charge is 0.124 e. The van der Waals surface area contributed by atoms with E-state index in [1.165, 1.54) is 0 Å². The Hall–Kier alpha value is -1.43. The lowest BCUT2D eigenvalue weighted by atomic mass is 10.00. The van der Waals surface area contributed by atoms with Crippen molar-refractivity contribution in [2.45, 2.75) is 18.6 Å². The number of nitrogens with one attached hydrogen (secondary N) is 1. The zero-order valence-corrected chi connectivity index (χ0v) is 11.1. The minimum atomic E-state index is -0.897. The fraction of sp³-hybridized carbons (Fsp3) is 0.385. The molecule has 0 bridgehead atoms. The number of hydrogen-bond acceptors (Lipinski definition) is 4. The van der Waals surface area contributed by atoms with Crippen molar-refractivity contribution in [3.05, 3.63) is 46.7 Å². The van der Waals surface area contributed by atoms with Gasteiger partial charge in [-0.2, -0.15) is 15.4 Å². The van der Waals surface area contributed by atoms with Crippen molar-refractivity contribution >= 4 is 11.6 Å². The van der Waals surface area contributed by atoms with Crippen molar-refractivity contribution in [3.63, 3.8) is 0 Å². The summed E-state index contributed by atoms with van der Waals surface area (Å²) < 4.78 is 0. The molecule has 0 aliphatic carbocycles. The fourth-order valence-corrected chi connectivity index (χ4v) is 2.75. The molecule has 0 radical (unpaired) electrons. The first-order chi connectivity index (χ1) is 9.16. The topological polar surface area (TPSA) is 65.0 Å². The van der Waals surface area contributed by atoms with Crippen LogP contribution in [0.3, 0.4) is 0 Å². The van der Waals surface area contributed by atoms with Crippen LogP contribution in [0, 0.1) is 0 Å². The number of hydrogen-bond donors (Lipinski definition) is 2. The van der Waals surface area contributed by atoms with Crippen LogP contribution in [0.5, 0.6) is 0 Å². The number of likely N-dealkylation sites (tertiary alicyclic amines) is 1. The van der Waals surface area contributed by atoms with Crippen molar-refractivity contribution in [2.75, 3.05) is 13.1 Å². The first-order valence-electron chi connectivity index (χ1n) is 6.21. The van der Waals surface area contributed by atoms with Crippen LogP contribution in [0.15, 0.2) is 30.5 Å². The van der Waals surface area contributed by atoms with Crippen molar-refractivity contribution in [1.29, 1.82) is 0 Å². The molecule has 19 heavy (non-hydrogen) atoms. The van der Waals surface area contributed by atoms with E-state index in [1.807, 2.05) is 24.3 Å². The number of rotatable bonds is 3. The molecule has 0 spiro atoms. The lowest BCUT2D eigenvalue weighted by molar-refractivity contribution is 0.0409. The van der Waals surface area contributed by atoms with Gasteiger partial charge in [-0.15, -0.1) is 0 Å². The second-order valence-electron chi connectivity index (χ2n) is 4.98. The first-order valence-corrected chi connectivity index (χ1v) is 6.59. The Morgan fingerprint density at radius 3 is 3.11 bits per heavy atom. The van der Waals surface area contributed by atoms with Crippen LogP contribution in [0.2, 0.25) is 5.02 Å². The second kappa shape index (κ2) is 4.92. The van der Waals surface area contributed by atoms with Crippen LogP contribution in [0.25, 0.3) is 0 Å². The lowest BCUT2D eigenvalue weighted by Crippen LogP contribution is -2.31. The predicted octanol–water partition coefficient (Wildman–Crippen LogP) is 1.55. The average molecular weight is 279 g/mol. The summed E-state index contributed by atoms with van der Waals surface area (Å²) in [6.07, 6.45) is 2.25. The summed E-state index contributed by atoms with van der Waals surface area (Å²) in [5, 5.41) is 21.6. The molecule has 1 atom stereocenters. The fourth-order valence-electron chi connectivity index (χ4n) is 2.53. The number of nitrogens with zero attached hydrogens (tertiary/aromatic N) is 3. The van der Waals surface area contributed by atoms with Gasteiger partial charge in [0.1, 0.15) is 11.3 Å². The molecule has 0 unspecified atom stereocenters. The average Bonchev–Trinajstić information content (AvgIpc) is 3.00. The Bertz CT molecular complexity index is 560. The third kappa shape index (κ3) is 2.63. The summed E-state index contributed by atoms with van der Waals surface area (Å²) in [4.78, 5) is 2.19. The van der Waals surface area contributed by atoms with Gasteiger partial charge in [-0.25, -0.2) is 0 Å². The Balaban J connectivity index is 1.69. The second-order valence-corrected chi connectivity index (χ2v) is 5.41. The minimum Gasteiger partial charge on any atom is -0.382 e. The number of β-amino-alcohol motifs (C(OH)–C–C–N with tert-alkyl or cyclic N) is 1. The molecule has 100 valence electrons. The molecule has 0 amide bonds. The molecule has 2 N–H and O–H groups in total. The molecule has 1 aromatic carbocycles. The monoisotopic (exact) mass is 278 g/mol. The number of halogens is 1. The third-order valence-electron chi connectivity index (χ3n) is 3.51. The Morgan fingerprint density at radius 2 is 2.37 bits per heavy atom. The highest BCUT2D eigenvalue weighted by atomic mass is 35.5. The first kappa shape index (κ1) is 12.6. The normalized spacial score (nSPS) is 23.9. The SMILES string of the molecule is O[C@]1(c2cn[nH]n2)CCN(Cc2cccc(Cl)c2)C1. The number of H-pyrrole nitrogens is 1. The Morgan fingerprint density at radius 1 is 1.47 bits per heavy atom. The van der Waals surface area contributed by atoms with E-state index in [1.54, 1.807) is 6.20 Å². The summed E-state index contributed by atoms with van der Waals surface area (Å²) in [6.45, 7) is 2.17. The van der Waals surface area contributed by atoms with Crippen LogP contribution in [0.1, 0.15) is 17.7 Å². The molecule has 0 saturated carbocycles. The summed E-state index contributed by atoms with van der Waals surface area (Å²) >= 11 is 5.98. The highest BCUT2D eigenvalue weighted by molar-refractivity contribution is 6.30. The number of aliphatic hydroxyl groups is 1. The van der Waals surface area contributed by atoms with Crippen molar-refractivity contribution in [1.82, 2.24) is 20.3 Å². The van der Waals surface area contributed by atoms with Crippen LogP contribution < -0.4 is 0 Å². The van der Waals surface area contributed by atoms with E-state index < -0.39 is 5.60 Å². The van der Waals surface area contributed by atoms with E-state index in [0.717, 1.165) is 23.7 Å². The molecule has 1 aliphatic rings. The molecule has 1 aromatic heterocycles. The van der Waals surface area contributed by atoms with Gasteiger partial charge in [-0.1, -0.05) is 23.7 Å². The molecule has 2 aromatic rings. The van der Waals surface area contributed by atoms with Gasteiger partial charge in [0.2, 0.25) is 0 Å². The van der Waals surface area contributed by atoms with Gasteiger partial charge in [0, 0.05) is 24.7 Å². The number of aromatic nitrogens is 3. The standard InChI is InChI=1S/C13H15ClN4O/c14-11-3-1-2-10(6-11)8-18-5-4-13(19,9-18)12-7-15-17-16-12/h1-3,6-7,19H,4-5,8-9H2,(H,15,16,17)/t13-/m1/s1.